The molecule has 0 aliphatic heterocycles. The van der Waals surface area contributed by atoms with Crippen molar-refractivity contribution in [2.24, 2.45) is 5.73 Å². The fourth-order valence-corrected chi connectivity index (χ4v) is 1.54. The van der Waals surface area contributed by atoms with Crippen LogP contribution in [0, 0.1) is 0 Å². The molecule has 1 rings (SSSR count). The van der Waals surface area contributed by atoms with Gasteiger partial charge in [0.25, 0.3) is 0 Å². The second kappa shape index (κ2) is 6.98. The summed E-state index contributed by atoms with van der Waals surface area (Å²) in [4.78, 5) is 22.8. The number of carbonyl (C=O) groups is 2. The molecule has 0 bridgehead atoms. The van der Waals surface area contributed by atoms with E-state index in [1.807, 2.05) is 6.92 Å². The molecular weight excluding hydrogens is 254 g/mol. The summed E-state index contributed by atoms with van der Waals surface area (Å²) in [6, 6.07) is 4.85. The number of amides is 2. The zero-order valence-corrected chi connectivity index (χ0v) is 10.9. The fourth-order valence-electron chi connectivity index (χ4n) is 1.37. The van der Waals surface area contributed by atoms with E-state index in [0.29, 0.717) is 22.8 Å². The van der Waals surface area contributed by atoms with Crippen LogP contribution >= 0.6 is 11.6 Å². The number of hydrogen-bond donors (Lipinski definition) is 3. The van der Waals surface area contributed by atoms with Gasteiger partial charge in [0.15, 0.2) is 0 Å². The van der Waals surface area contributed by atoms with Crippen LogP contribution in [-0.2, 0) is 9.59 Å². The molecular formula is C12H16ClN3O2. The van der Waals surface area contributed by atoms with Crippen LogP contribution in [0.5, 0.6) is 0 Å². The molecule has 0 fully saturated rings. The third kappa shape index (κ3) is 4.35. The Morgan fingerprint density at radius 1 is 1.22 bits per heavy atom. The van der Waals surface area contributed by atoms with Crippen molar-refractivity contribution in [3.63, 3.8) is 0 Å². The number of rotatable bonds is 5. The third-order valence-corrected chi connectivity index (χ3v) is 2.43. The molecule has 5 nitrogen and oxygen atoms in total. The summed E-state index contributed by atoms with van der Waals surface area (Å²) >= 11 is 5.85. The fraction of sp³-hybridized carbons (Fsp3) is 0.333. The molecule has 1 aromatic rings. The van der Waals surface area contributed by atoms with E-state index >= 15 is 0 Å². The predicted molar refractivity (Wildman–Crippen MR) is 72.7 cm³/mol. The molecule has 0 aliphatic carbocycles. The van der Waals surface area contributed by atoms with Gasteiger partial charge in [0.1, 0.15) is 0 Å². The molecule has 0 saturated carbocycles. The Morgan fingerprint density at radius 3 is 2.50 bits per heavy atom. The monoisotopic (exact) mass is 269 g/mol. The van der Waals surface area contributed by atoms with Gasteiger partial charge in [-0.1, -0.05) is 18.5 Å². The number of anilines is 2. The number of benzene rings is 1. The maximum absolute atomic E-state index is 11.5. The van der Waals surface area contributed by atoms with Crippen molar-refractivity contribution in [1.82, 2.24) is 0 Å². The molecule has 2 amide bonds. The summed E-state index contributed by atoms with van der Waals surface area (Å²) in [5.74, 6) is -0.452. The van der Waals surface area contributed by atoms with E-state index in [9.17, 15) is 9.59 Å². The largest absolute Gasteiger partial charge is 0.324 e. The molecule has 0 heterocycles. The van der Waals surface area contributed by atoms with Crippen LogP contribution in [0.2, 0.25) is 5.02 Å². The maximum Gasteiger partial charge on any atom is 0.238 e. The normalized spacial score (nSPS) is 9.94. The molecule has 0 spiro atoms. The smallest absolute Gasteiger partial charge is 0.238 e. The summed E-state index contributed by atoms with van der Waals surface area (Å²) < 4.78 is 0. The second-order valence-corrected chi connectivity index (χ2v) is 4.18. The van der Waals surface area contributed by atoms with Gasteiger partial charge in [0, 0.05) is 11.4 Å². The number of carbonyl (C=O) groups excluding carboxylic acids is 2. The van der Waals surface area contributed by atoms with Crippen molar-refractivity contribution >= 4 is 34.8 Å². The van der Waals surface area contributed by atoms with Gasteiger partial charge in [-0.25, -0.2) is 0 Å². The molecule has 4 N–H and O–H groups in total. The lowest BCUT2D eigenvalue weighted by Gasteiger charge is -2.12. The first-order chi connectivity index (χ1) is 8.56. The first kappa shape index (κ1) is 14.5. The van der Waals surface area contributed by atoms with Crippen molar-refractivity contribution in [3.05, 3.63) is 23.2 Å². The lowest BCUT2D eigenvalue weighted by Crippen LogP contribution is -2.23. The van der Waals surface area contributed by atoms with Crippen molar-refractivity contribution in [2.75, 3.05) is 17.2 Å². The minimum atomic E-state index is -0.344. The van der Waals surface area contributed by atoms with Crippen LogP contribution in [0.1, 0.15) is 19.8 Å². The number of nitrogens with one attached hydrogen (secondary N) is 2. The zero-order valence-electron chi connectivity index (χ0n) is 10.1. The molecule has 0 atom stereocenters. The highest BCUT2D eigenvalue weighted by molar-refractivity contribution is 6.31. The summed E-state index contributed by atoms with van der Waals surface area (Å²) in [6.45, 7) is 1.79. The lowest BCUT2D eigenvalue weighted by molar-refractivity contribution is -0.116. The number of hydrogen-bond acceptors (Lipinski definition) is 3. The molecule has 18 heavy (non-hydrogen) atoms. The van der Waals surface area contributed by atoms with Gasteiger partial charge in [-0.3, -0.25) is 9.59 Å². The maximum atomic E-state index is 11.5. The van der Waals surface area contributed by atoms with Gasteiger partial charge in [-0.15, -0.1) is 0 Å². The molecule has 0 aliphatic rings. The summed E-state index contributed by atoms with van der Waals surface area (Å²) in [5.41, 5.74) is 6.18. The SMILES string of the molecule is CCCC(=O)Nc1ccc(Cl)cc1NC(=O)CN. The van der Waals surface area contributed by atoms with Crippen LogP contribution in [0.25, 0.3) is 0 Å². The van der Waals surface area contributed by atoms with Crippen LogP contribution in [0.3, 0.4) is 0 Å². The first-order valence-electron chi connectivity index (χ1n) is 5.66. The van der Waals surface area contributed by atoms with Gasteiger partial charge in [0.2, 0.25) is 11.8 Å². The van der Waals surface area contributed by atoms with Gasteiger partial charge >= 0.3 is 0 Å². The number of nitrogens with two attached hydrogens (primary N) is 1. The van der Waals surface area contributed by atoms with Gasteiger partial charge < -0.3 is 16.4 Å². The van der Waals surface area contributed by atoms with E-state index in [-0.39, 0.29) is 18.4 Å². The Morgan fingerprint density at radius 2 is 1.89 bits per heavy atom. The highest BCUT2D eigenvalue weighted by Gasteiger charge is 2.09. The Labute approximate surface area is 111 Å². The number of halogens is 1. The zero-order chi connectivity index (χ0) is 13.5. The van der Waals surface area contributed by atoms with E-state index in [1.54, 1.807) is 18.2 Å². The highest BCUT2D eigenvalue weighted by Crippen LogP contribution is 2.25. The molecule has 0 unspecified atom stereocenters. The van der Waals surface area contributed by atoms with Crippen molar-refractivity contribution in [2.45, 2.75) is 19.8 Å². The lowest BCUT2D eigenvalue weighted by atomic mass is 10.2. The standard InChI is InChI=1S/C12H16ClN3O2/c1-2-3-11(17)15-9-5-4-8(13)6-10(9)16-12(18)7-14/h4-6H,2-3,7,14H2,1H3,(H,15,17)(H,16,18). The molecule has 1 aromatic carbocycles. The van der Waals surface area contributed by atoms with E-state index in [0.717, 1.165) is 6.42 Å². The van der Waals surface area contributed by atoms with Gasteiger partial charge in [-0.05, 0) is 24.6 Å². The van der Waals surface area contributed by atoms with E-state index in [1.165, 1.54) is 0 Å². The Kier molecular flexibility index (Phi) is 5.61. The second-order valence-electron chi connectivity index (χ2n) is 3.74. The van der Waals surface area contributed by atoms with Gasteiger partial charge in [0.05, 0.1) is 17.9 Å². The minimum Gasteiger partial charge on any atom is -0.324 e. The Balaban J connectivity index is 2.89. The van der Waals surface area contributed by atoms with Crippen LogP contribution in [0.15, 0.2) is 18.2 Å². The molecule has 6 heteroatoms. The van der Waals surface area contributed by atoms with Gasteiger partial charge in [-0.2, -0.15) is 0 Å². The van der Waals surface area contributed by atoms with Crippen molar-refractivity contribution < 1.29 is 9.59 Å². The predicted octanol–water partition coefficient (Wildman–Crippen LogP) is 1.98. The van der Waals surface area contributed by atoms with E-state index in [4.69, 9.17) is 17.3 Å². The molecule has 0 radical (unpaired) electrons. The minimum absolute atomic E-state index is 0.108. The van der Waals surface area contributed by atoms with E-state index < -0.39 is 0 Å². The Hall–Kier alpha value is -1.59. The third-order valence-electron chi connectivity index (χ3n) is 2.19. The topological polar surface area (TPSA) is 84.2 Å². The summed E-state index contributed by atoms with van der Waals surface area (Å²) in [7, 11) is 0. The van der Waals surface area contributed by atoms with Crippen molar-refractivity contribution in [1.29, 1.82) is 0 Å². The summed E-state index contributed by atoms with van der Waals surface area (Å²) in [6.07, 6.45) is 1.18. The molecule has 98 valence electrons. The van der Waals surface area contributed by atoms with Crippen LogP contribution < -0.4 is 16.4 Å². The average molecular weight is 270 g/mol. The first-order valence-corrected chi connectivity index (χ1v) is 6.04. The molecule has 0 saturated heterocycles. The van der Waals surface area contributed by atoms with E-state index in [2.05, 4.69) is 10.6 Å². The summed E-state index contributed by atoms with van der Waals surface area (Å²) in [5, 5.41) is 5.77. The Bertz CT molecular complexity index is 449. The highest BCUT2D eigenvalue weighted by atomic mass is 35.5. The molecule has 0 aromatic heterocycles. The average Bonchev–Trinajstić information content (AvgIpc) is 2.33. The van der Waals surface area contributed by atoms with Crippen LogP contribution in [0.4, 0.5) is 11.4 Å². The van der Waals surface area contributed by atoms with Crippen molar-refractivity contribution in [3.8, 4) is 0 Å². The van der Waals surface area contributed by atoms with Crippen LogP contribution in [-0.4, -0.2) is 18.4 Å². The quantitative estimate of drug-likeness (QED) is 0.764.